The Kier molecular flexibility index (Phi) is 6.37. The highest BCUT2D eigenvalue weighted by Crippen LogP contribution is 2.45. The number of rotatable bonds is 7. The second-order valence-electron chi connectivity index (χ2n) is 5.17. The molecule has 0 saturated carbocycles. The summed E-state index contributed by atoms with van der Waals surface area (Å²) in [4.78, 5) is 23.9. The molecule has 1 heterocycles. The molecule has 8 heteroatoms. The van der Waals surface area contributed by atoms with Crippen molar-refractivity contribution in [3.8, 4) is 0 Å². The fourth-order valence-electron chi connectivity index (χ4n) is 2.22. The number of carboxylic acids is 1. The van der Waals surface area contributed by atoms with Crippen LogP contribution in [0.5, 0.6) is 0 Å². The van der Waals surface area contributed by atoms with Crippen LogP contribution in [0, 0.1) is 5.41 Å². The van der Waals surface area contributed by atoms with E-state index in [1.54, 1.807) is 11.8 Å². The van der Waals surface area contributed by atoms with E-state index in [0.29, 0.717) is 5.75 Å². The zero-order valence-corrected chi connectivity index (χ0v) is 12.7. The van der Waals surface area contributed by atoms with Crippen LogP contribution < -0.4 is 0 Å². The molecule has 0 aromatic heterocycles. The van der Waals surface area contributed by atoms with Gasteiger partial charge in [0.25, 0.3) is 0 Å². The molecule has 122 valence electrons. The van der Waals surface area contributed by atoms with Gasteiger partial charge in [0.2, 0.25) is 5.91 Å². The number of nitrogens with zero attached hydrogens (tertiary/aromatic N) is 1. The maximum absolute atomic E-state index is 13.0. The number of aliphatic carboxylic acids is 1. The van der Waals surface area contributed by atoms with Gasteiger partial charge < -0.3 is 10.0 Å². The molecular formula is C13H20F3NO3S. The number of halogens is 3. The normalized spacial score (nSPS) is 22.6. The summed E-state index contributed by atoms with van der Waals surface area (Å²) >= 11 is 1.59. The summed E-state index contributed by atoms with van der Waals surface area (Å²) in [5.74, 6) is -0.818. The standard InChI is InChI=1S/C13H20F3NO3S/c1-2-3-7-21-8-4-10(18)17-6-5-12(9-17,11(19)20)13(14,15)16/h2-9H2,1H3,(H,19,20). The Bertz CT molecular complexity index is 389. The van der Waals surface area contributed by atoms with Crippen molar-refractivity contribution in [1.82, 2.24) is 4.90 Å². The molecule has 4 nitrogen and oxygen atoms in total. The lowest BCUT2D eigenvalue weighted by atomic mass is 9.86. The van der Waals surface area contributed by atoms with Crippen LogP contribution in [-0.4, -0.2) is 52.7 Å². The van der Waals surface area contributed by atoms with Crippen LogP contribution in [0.1, 0.15) is 32.6 Å². The number of amides is 1. The molecule has 0 radical (unpaired) electrons. The van der Waals surface area contributed by atoms with Gasteiger partial charge in [0, 0.05) is 25.3 Å². The first-order valence-corrected chi connectivity index (χ1v) is 8.05. The maximum atomic E-state index is 13.0. The Labute approximate surface area is 126 Å². The second-order valence-corrected chi connectivity index (χ2v) is 6.39. The summed E-state index contributed by atoms with van der Waals surface area (Å²) in [5, 5.41) is 8.91. The van der Waals surface area contributed by atoms with E-state index in [-0.39, 0.29) is 13.0 Å². The van der Waals surface area contributed by atoms with Gasteiger partial charge in [-0.1, -0.05) is 13.3 Å². The predicted octanol–water partition coefficient (Wildman–Crippen LogP) is 2.78. The van der Waals surface area contributed by atoms with Crippen molar-refractivity contribution in [3.63, 3.8) is 0 Å². The predicted molar refractivity (Wildman–Crippen MR) is 74.2 cm³/mol. The molecular weight excluding hydrogens is 307 g/mol. The summed E-state index contributed by atoms with van der Waals surface area (Å²) in [6, 6.07) is 0. The van der Waals surface area contributed by atoms with Crippen LogP contribution in [0.25, 0.3) is 0 Å². The lowest BCUT2D eigenvalue weighted by Gasteiger charge is -2.27. The molecule has 21 heavy (non-hydrogen) atoms. The topological polar surface area (TPSA) is 57.6 Å². The molecule has 1 N–H and O–H groups in total. The van der Waals surface area contributed by atoms with Crippen molar-refractivity contribution in [2.24, 2.45) is 5.41 Å². The number of hydrogen-bond acceptors (Lipinski definition) is 3. The minimum Gasteiger partial charge on any atom is -0.481 e. The minimum atomic E-state index is -4.84. The Morgan fingerprint density at radius 3 is 2.48 bits per heavy atom. The van der Waals surface area contributed by atoms with Gasteiger partial charge in [-0.3, -0.25) is 9.59 Å². The minimum absolute atomic E-state index is 0.149. The molecule has 1 unspecified atom stereocenters. The van der Waals surface area contributed by atoms with Crippen molar-refractivity contribution in [1.29, 1.82) is 0 Å². The van der Waals surface area contributed by atoms with E-state index in [1.807, 2.05) is 0 Å². The lowest BCUT2D eigenvalue weighted by molar-refractivity contribution is -0.227. The molecule has 0 aromatic rings. The number of thioether (sulfide) groups is 1. The third-order valence-corrected chi connectivity index (χ3v) is 4.75. The molecule has 1 aliphatic heterocycles. The number of carboxylic acid groups (broad SMARTS) is 1. The molecule has 1 rings (SSSR count). The van der Waals surface area contributed by atoms with Gasteiger partial charge in [-0.25, -0.2) is 0 Å². The number of unbranched alkanes of at least 4 members (excludes halogenated alkanes) is 1. The van der Waals surface area contributed by atoms with Crippen LogP contribution in [0.4, 0.5) is 13.2 Å². The number of hydrogen-bond donors (Lipinski definition) is 1. The zero-order valence-electron chi connectivity index (χ0n) is 11.9. The summed E-state index contributed by atoms with van der Waals surface area (Å²) in [5.41, 5.74) is -2.81. The van der Waals surface area contributed by atoms with E-state index in [9.17, 15) is 22.8 Å². The highest BCUT2D eigenvalue weighted by molar-refractivity contribution is 7.99. The number of alkyl halides is 3. The largest absolute Gasteiger partial charge is 0.481 e. The third-order valence-electron chi connectivity index (χ3n) is 3.68. The van der Waals surface area contributed by atoms with Gasteiger partial charge >= 0.3 is 12.1 Å². The number of carbonyl (C=O) groups is 2. The third kappa shape index (κ3) is 4.28. The average molecular weight is 327 g/mol. The van der Waals surface area contributed by atoms with Gasteiger partial charge in [-0.2, -0.15) is 24.9 Å². The highest BCUT2D eigenvalue weighted by Gasteiger charge is 2.64. The molecule has 1 fully saturated rings. The molecule has 0 spiro atoms. The van der Waals surface area contributed by atoms with E-state index in [1.165, 1.54) is 0 Å². The van der Waals surface area contributed by atoms with E-state index >= 15 is 0 Å². The quantitative estimate of drug-likeness (QED) is 0.731. The Morgan fingerprint density at radius 2 is 2.00 bits per heavy atom. The summed E-state index contributed by atoms with van der Waals surface area (Å²) in [6.45, 7) is 1.13. The molecule has 0 aromatic carbocycles. The van der Waals surface area contributed by atoms with Crippen LogP contribution in [0.3, 0.4) is 0 Å². The fourth-order valence-corrected chi connectivity index (χ4v) is 3.23. The Morgan fingerprint density at radius 1 is 1.33 bits per heavy atom. The van der Waals surface area contributed by atoms with Crippen molar-refractivity contribution in [3.05, 3.63) is 0 Å². The summed E-state index contributed by atoms with van der Waals surface area (Å²) < 4.78 is 38.9. The number of likely N-dealkylation sites (tertiary alicyclic amines) is 1. The highest BCUT2D eigenvalue weighted by atomic mass is 32.2. The van der Waals surface area contributed by atoms with Gasteiger partial charge in [0.05, 0.1) is 0 Å². The van der Waals surface area contributed by atoms with Gasteiger partial charge in [-0.15, -0.1) is 0 Å². The first kappa shape index (κ1) is 18.1. The molecule has 0 bridgehead atoms. The molecule has 1 saturated heterocycles. The zero-order chi connectivity index (χ0) is 16.1. The van der Waals surface area contributed by atoms with Crippen molar-refractivity contribution < 1.29 is 27.9 Å². The van der Waals surface area contributed by atoms with Crippen LogP contribution in [-0.2, 0) is 9.59 Å². The SMILES string of the molecule is CCCCSCCC(=O)N1CCC(C(=O)O)(C(F)(F)F)C1. The van der Waals surface area contributed by atoms with Gasteiger partial charge in [0.1, 0.15) is 0 Å². The monoisotopic (exact) mass is 327 g/mol. The molecule has 1 aliphatic rings. The van der Waals surface area contributed by atoms with Gasteiger partial charge in [-0.05, 0) is 18.6 Å². The van der Waals surface area contributed by atoms with E-state index < -0.39 is 36.4 Å². The van der Waals surface area contributed by atoms with E-state index in [2.05, 4.69) is 6.92 Å². The van der Waals surface area contributed by atoms with Crippen molar-refractivity contribution >= 4 is 23.6 Å². The summed E-state index contributed by atoms with van der Waals surface area (Å²) in [6.07, 6.45) is -3.16. The van der Waals surface area contributed by atoms with Crippen molar-refractivity contribution in [2.45, 2.75) is 38.8 Å². The first-order valence-electron chi connectivity index (χ1n) is 6.90. The van der Waals surface area contributed by atoms with Crippen LogP contribution in [0.2, 0.25) is 0 Å². The van der Waals surface area contributed by atoms with Crippen LogP contribution in [0.15, 0.2) is 0 Å². The lowest BCUT2D eigenvalue weighted by Crippen LogP contribution is -2.47. The Hall–Kier alpha value is -0.920. The molecule has 0 aliphatic carbocycles. The molecule has 1 atom stereocenters. The van der Waals surface area contributed by atoms with E-state index in [4.69, 9.17) is 5.11 Å². The fraction of sp³-hybridized carbons (Fsp3) is 0.846. The Balaban J connectivity index is 2.52. The van der Waals surface area contributed by atoms with Gasteiger partial charge in [0.15, 0.2) is 5.41 Å². The molecule has 1 amide bonds. The van der Waals surface area contributed by atoms with E-state index in [0.717, 1.165) is 23.5 Å². The second kappa shape index (κ2) is 7.38. The van der Waals surface area contributed by atoms with Crippen molar-refractivity contribution in [2.75, 3.05) is 24.6 Å². The van der Waals surface area contributed by atoms with Crippen LogP contribution >= 0.6 is 11.8 Å². The summed E-state index contributed by atoms with van der Waals surface area (Å²) in [7, 11) is 0. The smallest absolute Gasteiger partial charge is 0.406 e. The number of carbonyl (C=O) groups excluding carboxylic acids is 1. The first-order chi connectivity index (χ1) is 9.74. The maximum Gasteiger partial charge on any atom is 0.406 e. The average Bonchev–Trinajstić information content (AvgIpc) is 2.84.